The summed E-state index contributed by atoms with van der Waals surface area (Å²) >= 11 is 0. The van der Waals surface area contributed by atoms with Crippen molar-refractivity contribution in [3.05, 3.63) is 0 Å². The van der Waals surface area contributed by atoms with Crippen molar-refractivity contribution >= 4 is 45.3 Å². The van der Waals surface area contributed by atoms with Gasteiger partial charge in [0.2, 0.25) is 11.8 Å². The number of unbranched alkanes of at least 4 members (excludes halogenated alkanes) is 20. The van der Waals surface area contributed by atoms with Crippen molar-refractivity contribution in [2.75, 3.05) is 25.7 Å². The molecule has 0 saturated carbocycles. The first-order valence-electron chi connectivity index (χ1n) is 22.3. The average molecular weight is 801 g/mol. The Bertz CT molecular complexity index is 852. The molecule has 0 radical (unpaired) electrons. The Hall–Kier alpha value is -1.42. The zero-order valence-corrected chi connectivity index (χ0v) is 37.4. The van der Waals surface area contributed by atoms with Crippen LogP contribution in [0.15, 0.2) is 0 Å². The van der Waals surface area contributed by atoms with Gasteiger partial charge in [0.1, 0.15) is 12.1 Å². The number of nitrogens with one attached hydrogen (secondary N) is 2. The predicted octanol–water partition coefficient (Wildman–Crippen LogP) is 11.9. The number of ether oxygens (including phenoxy) is 2. The fraction of sp³-hybridized carbons (Fsp3) is 0.909. The van der Waals surface area contributed by atoms with Crippen LogP contribution in [0.1, 0.15) is 207 Å². The lowest BCUT2D eigenvalue weighted by Crippen LogP contribution is -2.46. The minimum Gasteiger partial charge on any atom is -0.467 e. The molecule has 0 rings (SSSR count). The normalized spacial score (nSPS) is 13.5. The molecule has 0 aromatic rings. The Labute approximate surface area is 340 Å². The molecule has 0 aliphatic heterocycles. The van der Waals surface area contributed by atoms with Gasteiger partial charge in [-0.25, -0.2) is 9.59 Å². The highest BCUT2D eigenvalue weighted by Gasteiger charge is 2.28. The molecular formula is C44H84N2O6S2. The summed E-state index contributed by atoms with van der Waals surface area (Å²) in [6, 6.07) is -1.58. The van der Waals surface area contributed by atoms with Crippen LogP contribution in [0.4, 0.5) is 0 Å². The van der Waals surface area contributed by atoms with Crippen molar-refractivity contribution in [2.24, 2.45) is 11.8 Å². The highest BCUT2D eigenvalue weighted by molar-refractivity contribution is 8.76. The summed E-state index contributed by atoms with van der Waals surface area (Å²) in [4.78, 5) is 52.8. The Kier molecular flexibility index (Phi) is 37.4. The molecule has 0 fully saturated rings. The molecule has 8 nitrogen and oxygen atoms in total. The third-order valence-corrected chi connectivity index (χ3v) is 12.9. The number of carbonyl (C=O) groups is 4. The second-order valence-electron chi connectivity index (χ2n) is 15.4. The first-order valence-corrected chi connectivity index (χ1v) is 24.8. The average Bonchev–Trinajstić information content (AvgIpc) is 3.18. The molecule has 0 bridgehead atoms. The number of hydrogen-bond acceptors (Lipinski definition) is 8. The fourth-order valence-electron chi connectivity index (χ4n) is 6.93. The Morgan fingerprint density at radius 2 is 0.648 bits per heavy atom. The maximum absolute atomic E-state index is 13.6. The third-order valence-electron chi connectivity index (χ3n) is 10.5. The molecule has 2 N–H and O–H groups in total. The molecule has 0 aliphatic rings. The lowest BCUT2D eigenvalue weighted by Gasteiger charge is -2.22. The number of hydrogen-bond donors (Lipinski definition) is 2. The minimum atomic E-state index is -0.790. The summed E-state index contributed by atoms with van der Waals surface area (Å²) in [5.41, 5.74) is 0. The van der Waals surface area contributed by atoms with Gasteiger partial charge in [-0.2, -0.15) is 0 Å². The van der Waals surface area contributed by atoms with E-state index in [1.165, 1.54) is 139 Å². The first-order chi connectivity index (χ1) is 26.3. The topological polar surface area (TPSA) is 111 Å². The van der Waals surface area contributed by atoms with Gasteiger partial charge in [-0.15, -0.1) is 0 Å². The number of methoxy groups -OCH3 is 2. The molecule has 0 aromatic carbocycles. The zero-order valence-electron chi connectivity index (χ0n) is 35.8. The van der Waals surface area contributed by atoms with Crippen molar-refractivity contribution in [3.63, 3.8) is 0 Å². The molecule has 4 atom stereocenters. The molecule has 0 heterocycles. The van der Waals surface area contributed by atoms with Crippen LogP contribution in [-0.2, 0) is 28.7 Å². The van der Waals surface area contributed by atoms with Crippen LogP contribution in [-0.4, -0.2) is 61.6 Å². The highest BCUT2D eigenvalue weighted by Crippen LogP contribution is 2.26. The smallest absolute Gasteiger partial charge is 0.329 e. The van der Waals surface area contributed by atoms with Gasteiger partial charge in [0.25, 0.3) is 0 Å². The molecule has 0 saturated heterocycles. The van der Waals surface area contributed by atoms with Crippen molar-refractivity contribution in [1.29, 1.82) is 0 Å². The van der Waals surface area contributed by atoms with Crippen LogP contribution < -0.4 is 10.6 Å². The SMILES string of the molecule is CCCCCCCCCC(CCCCCCC)C(=O)N[C@@H](CSSC[C@H](NC(=O)C(CCCCCCC)CCCCCCCCC)C(=O)OC)C(=O)OC. The lowest BCUT2D eigenvalue weighted by atomic mass is 9.93. The van der Waals surface area contributed by atoms with E-state index < -0.39 is 24.0 Å². The number of esters is 2. The minimum absolute atomic E-state index is 0.0705. The number of amides is 2. The van der Waals surface area contributed by atoms with E-state index in [1.54, 1.807) is 0 Å². The second-order valence-corrected chi connectivity index (χ2v) is 17.9. The summed E-state index contributed by atoms with van der Waals surface area (Å²) in [6.45, 7) is 8.87. The van der Waals surface area contributed by atoms with Crippen molar-refractivity contribution < 1.29 is 28.7 Å². The van der Waals surface area contributed by atoms with Crippen molar-refractivity contribution in [1.82, 2.24) is 10.6 Å². The van der Waals surface area contributed by atoms with E-state index in [-0.39, 0.29) is 23.7 Å². The van der Waals surface area contributed by atoms with Gasteiger partial charge in [-0.3, -0.25) is 9.59 Å². The van der Waals surface area contributed by atoms with E-state index in [9.17, 15) is 19.2 Å². The summed E-state index contributed by atoms with van der Waals surface area (Å²) in [6.07, 6.45) is 31.6. The van der Waals surface area contributed by atoms with Crippen LogP contribution >= 0.6 is 21.6 Å². The van der Waals surface area contributed by atoms with E-state index >= 15 is 0 Å². The number of carbonyl (C=O) groups excluding carboxylic acids is 4. The van der Waals surface area contributed by atoms with Crippen LogP contribution in [0, 0.1) is 11.8 Å². The molecule has 54 heavy (non-hydrogen) atoms. The molecule has 318 valence electrons. The fourth-order valence-corrected chi connectivity index (χ4v) is 9.23. The molecule has 2 unspecified atom stereocenters. The number of rotatable bonds is 39. The molecule has 0 spiro atoms. The van der Waals surface area contributed by atoms with E-state index in [4.69, 9.17) is 9.47 Å². The summed E-state index contributed by atoms with van der Waals surface area (Å²) in [5.74, 6) is -0.733. The van der Waals surface area contributed by atoms with Crippen LogP contribution in [0.25, 0.3) is 0 Å². The Balaban J connectivity index is 5.29. The van der Waals surface area contributed by atoms with Gasteiger partial charge < -0.3 is 20.1 Å². The summed E-state index contributed by atoms with van der Waals surface area (Å²) in [5, 5.41) is 6.04. The van der Waals surface area contributed by atoms with Gasteiger partial charge in [0.15, 0.2) is 0 Å². The van der Waals surface area contributed by atoms with Crippen LogP contribution in [0.2, 0.25) is 0 Å². The molecule has 2 amide bonds. The molecular weight excluding hydrogens is 717 g/mol. The van der Waals surface area contributed by atoms with E-state index in [1.807, 2.05) is 0 Å². The van der Waals surface area contributed by atoms with E-state index in [0.717, 1.165) is 77.0 Å². The monoisotopic (exact) mass is 801 g/mol. The zero-order chi connectivity index (χ0) is 40.1. The van der Waals surface area contributed by atoms with Crippen molar-refractivity contribution in [3.8, 4) is 0 Å². The summed E-state index contributed by atoms with van der Waals surface area (Å²) in [7, 11) is 5.48. The van der Waals surface area contributed by atoms with Gasteiger partial charge in [-0.05, 0) is 25.7 Å². The van der Waals surface area contributed by atoms with Crippen LogP contribution in [0.5, 0.6) is 0 Å². The summed E-state index contributed by atoms with van der Waals surface area (Å²) < 4.78 is 10.2. The van der Waals surface area contributed by atoms with Gasteiger partial charge in [-0.1, -0.05) is 203 Å². The molecule has 0 aliphatic carbocycles. The third kappa shape index (κ3) is 28.9. The predicted molar refractivity (Wildman–Crippen MR) is 232 cm³/mol. The van der Waals surface area contributed by atoms with Crippen molar-refractivity contribution in [2.45, 2.75) is 220 Å². The maximum Gasteiger partial charge on any atom is 0.329 e. The maximum atomic E-state index is 13.6. The van der Waals surface area contributed by atoms with E-state index in [0.29, 0.717) is 11.5 Å². The lowest BCUT2D eigenvalue weighted by molar-refractivity contribution is -0.145. The molecule has 0 aromatic heterocycles. The standard InChI is InChI=1S/C44H84N2O6S2/c1-7-11-15-19-21-25-29-33-37(31-27-23-17-13-9-3)41(47)45-39(43(49)51-5)35-53-54-36-40(44(50)52-6)46-42(48)38(32-28-24-18-14-10-4)34-30-26-22-20-16-12-8-2/h37-40H,7-36H2,1-6H3,(H,45,47)(H,46,48)/t37?,38?,39-,40-/m0/s1. The van der Waals surface area contributed by atoms with Gasteiger partial charge in [0, 0.05) is 23.3 Å². The van der Waals surface area contributed by atoms with Gasteiger partial charge >= 0.3 is 11.9 Å². The van der Waals surface area contributed by atoms with E-state index in [2.05, 4.69) is 38.3 Å². The Morgan fingerprint density at radius 3 is 0.889 bits per heavy atom. The second kappa shape index (κ2) is 38.5. The first kappa shape index (κ1) is 52.6. The largest absolute Gasteiger partial charge is 0.467 e. The van der Waals surface area contributed by atoms with Gasteiger partial charge in [0.05, 0.1) is 14.2 Å². The van der Waals surface area contributed by atoms with Crippen LogP contribution in [0.3, 0.4) is 0 Å². The Morgan fingerprint density at radius 1 is 0.407 bits per heavy atom. The highest BCUT2D eigenvalue weighted by atomic mass is 33.1. The molecule has 10 heteroatoms. The quantitative estimate of drug-likeness (QED) is 0.0359.